The zero-order valence-corrected chi connectivity index (χ0v) is 14.0. The predicted octanol–water partition coefficient (Wildman–Crippen LogP) is 3.06. The van der Waals surface area contributed by atoms with E-state index in [1.807, 2.05) is 6.07 Å². The van der Waals surface area contributed by atoms with Crippen LogP contribution in [0.3, 0.4) is 0 Å². The second kappa shape index (κ2) is 7.26. The third-order valence-corrected chi connectivity index (χ3v) is 3.60. The van der Waals surface area contributed by atoms with Crippen molar-refractivity contribution < 1.29 is 14.3 Å². The van der Waals surface area contributed by atoms with Crippen molar-refractivity contribution in [3.8, 4) is 0 Å². The number of ether oxygens (including phenoxy) is 1. The first-order valence-electron chi connectivity index (χ1n) is 6.59. The van der Waals surface area contributed by atoms with Gasteiger partial charge in [-0.25, -0.2) is 4.79 Å². The van der Waals surface area contributed by atoms with Gasteiger partial charge in [0.1, 0.15) is 0 Å². The van der Waals surface area contributed by atoms with Crippen LogP contribution in [0.1, 0.15) is 17.3 Å². The SMILES string of the molecule is C[C@H](OC(=O)c1cc(I)ccc1N)C(=O)Nc1ccccc1. The topological polar surface area (TPSA) is 81.4 Å². The number of hydrogen-bond donors (Lipinski definition) is 2. The number of carbonyl (C=O) groups excluding carboxylic acids is 2. The molecule has 0 aliphatic heterocycles. The fraction of sp³-hybridized carbons (Fsp3) is 0.125. The second-order valence-electron chi connectivity index (χ2n) is 4.63. The Morgan fingerprint density at radius 1 is 1.18 bits per heavy atom. The third-order valence-electron chi connectivity index (χ3n) is 2.93. The number of anilines is 2. The van der Waals surface area contributed by atoms with Crippen molar-refractivity contribution in [3.63, 3.8) is 0 Å². The Bertz CT molecular complexity index is 689. The van der Waals surface area contributed by atoms with Crippen molar-refractivity contribution in [2.45, 2.75) is 13.0 Å². The summed E-state index contributed by atoms with van der Waals surface area (Å²) in [5, 5.41) is 2.68. The lowest BCUT2D eigenvalue weighted by Crippen LogP contribution is -2.30. The number of benzene rings is 2. The van der Waals surface area contributed by atoms with Crippen LogP contribution in [0.15, 0.2) is 48.5 Å². The van der Waals surface area contributed by atoms with E-state index in [2.05, 4.69) is 27.9 Å². The van der Waals surface area contributed by atoms with Crippen LogP contribution in [0, 0.1) is 3.57 Å². The van der Waals surface area contributed by atoms with Crippen LogP contribution in [0.25, 0.3) is 0 Å². The number of carbonyl (C=O) groups is 2. The lowest BCUT2D eigenvalue weighted by molar-refractivity contribution is -0.123. The van der Waals surface area contributed by atoms with Gasteiger partial charge in [-0.05, 0) is 59.8 Å². The zero-order chi connectivity index (χ0) is 16.1. The second-order valence-corrected chi connectivity index (χ2v) is 5.88. The third kappa shape index (κ3) is 4.20. The summed E-state index contributed by atoms with van der Waals surface area (Å²) in [6, 6.07) is 14.0. The van der Waals surface area contributed by atoms with Crippen molar-refractivity contribution in [1.82, 2.24) is 0 Å². The Kier molecular flexibility index (Phi) is 5.37. The van der Waals surface area contributed by atoms with Gasteiger partial charge in [0, 0.05) is 14.9 Å². The van der Waals surface area contributed by atoms with Crippen molar-refractivity contribution in [3.05, 3.63) is 57.7 Å². The molecular weight excluding hydrogens is 395 g/mol. The summed E-state index contributed by atoms with van der Waals surface area (Å²) in [6.45, 7) is 1.51. The molecule has 2 aromatic rings. The monoisotopic (exact) mass is 410 g/mol. The molecule has 3 N–H and O–H groups in total. The lowest BCUT2D eigenvalue weighted by atomic mass is 10.2. The smallest absolute Gasteiger partial charge is 0.341 e. The average molecular weight is 410 g/mol. The molecule has 0 spiro atoms. The molecule has 22 heavy (non-hydrogen) atoms. The quantitative estimate of drug-likeness (QED) is 0.461. The minimum atomic E-state index is -0.926. The van der Waals surface area contributed by atoms with Gasteiger partial charge in [0.15, 0.2) is 6.10 Å². The molecule has 0 bridgehead atoms. The molecule has 0 unspecified atom stereocenters. The number of rotatable bonds is 4. The fourth-order valence-electron chi connectivity index (χ4n) is 1.75. The van der Waals surface area contributed by atoms with Crippen LogP contribution in [0.4, 0.5) is 11.4 Å². The number of hydrogen-bond acceptors (Lipinski definition) is 4. The van der Waals surface area contributed by atoms with Crippen molar-refractivity contribution >= 4 is 45.8 Å². The molecule has 6 heteroatoms. The molecular formula is C16H15IN2O3. The highest BCUT2D eigenvalue weighted by molar-refractivity contribution is 14.1. The van der Waals surface area contributed by atoms with E-state index in [9.17, 15) is 9.59 Å². The molecule has 0 fully saturated rings. The van der Waals surface area contributed by atoms with Crippen LogP contribution in [-0.2, 0) is 9.53 Å². The summed E-state index contributed by atoms with van der Waals surface area (Å²) in [7, 11) is 0. The van der Waals surface area contributed by atoms with Crippen LogP contribution in [-0.4, -0.2) is 18.0 Å². The molecule has 0 radical (unpaired) electrons. The highest BCUT2D eigenvalue weighted by Crippen LogP contribution is 2.17. The first-order valence-corrected chi connectivity index (χ1v) is 7.67. The normalized spacial score (nSPS) is 11.5. The van der Waals surface area contributed by atoms with Gasteiger partial charge >= 0.3 is 5.97 Å². The molecule has 0 aliphatic rings. The molecule has 2 rings (SSSR count). The first kappa shape index (κ1) is 16.3. The van der Waals surface area contributed by atoms with Crippen molar-refractivity contribution in [2.24, 2.45) is 0 Å². The highest BCUT2D eigenvalue weighted by Gasteiger charge is 2.20. The van der Waals surface area contributed by atoms with Crippen molar-refractivity contribution in [1.29, 1.82) is 0 Å². The first-order chi connectivity index (χ1) is 10.5. The van der Waals surface area contributed by atoms with E-state index < -0.39 is 18.0 Å². The molecule has 0 saturated heterocycles. The van der Waals surface area contributed by atoms with Crippen molar-refractivity contribution in [2.75, 3.05) is 11.1 Å². The van der Waals surface area contributed by atoms with E-state index in [1.165, 1.54) is 6.92 Å². The van der Waals surface area contributed by atoms with Gasteiger partial charge in [-0.1, -0.05) is 18.2 Å². The molecule has 0 saturated carbocycles. The van der Waals surface area contributed by atoms with Gasteiger partial charge in [-0.3, -0.25) is 4.79 Å². The van der Waals surface area contributed by atoms with Gasteiger partial charge in [-0.2, -0.15) is 0 Å². The molecule has 2 aromatic carbocycles. The van der Waals surface area contributed by atoms with Gasteiger partial charge in [0.25, 0.3) is 5.91 Å². The molecule has 0 aliphatic carbocycles. The standard InChI is InChI=1S/C16H15IN2O3/c1-10(15(20)19-12-5-3-2-4-6-12)22-16(21)13-9-11(17)7-8-14(13)18/h2-10H,18H2,1H3,(H,19,20)/t10-/m0/s1. The maximum Gasteiger partial charge on any atom is 0.341 e. The Morgan fingerprint density at radius 3 is 2.55 bits per heavy atom. The number of nitrogens with one attached hydrogen (secondary N) is 1. The summed E-state index contributed by atoms with van der Waals surface area (Å²) in [5.41, 5.74) is 6.98. The van der Waals surface area contributed by atoms with Gasteiger partial charge in [-0.15, -0.1) is 0 Å². The Labute approximate surface area is 142 Å². The summed E-state index contributed by atoms with van der Waals surface area (Å²) < 4.78 is 6.03. The van der Waals surface area contributed by atoms with Crippen LogP contribution in [0.2, 0.25) is 0 Å². The number of halogens is 1. The minimum absolute atomic E-state index is 0.256. The molecule has 0 heterocycles. The predicted molar refractivity (Wildman–Crippen MR) is 93.5 cm³/mol. The summed E-state index contributed by atoms with van der Waals surface area (Å²) in [6.07, 6.45) is -0.926. The van der Waals surface area contributed by atoms with Crippen LogP contribution in [0.5, 0.6) is 0 Å². The van der Waals surface area contributed by atoms with E-state index >= 15 is 0 Å². The summed E-state index contributed by atoms with van der Waals surface area (Å²) >= 11 is 2.07. The maximum atomic E-state index is 12.1. The summed E-state index contributed by atoms with van der Waals surface area (Å²) in [5.74, 6) is -1.02. The van der Waals surface area contributed by atoms with Gasteiger partial charge in [0.2, 0.25) is 0 Å². The van der Waals surface area contributed by atoms with E-state index in [1.54, 1.807) is 42.5 Å². The minimum Gasteiger partial charge on any atom is -0.449 e. The van der Waals surface area contributed by atoms with Crippen LogP contribution < -0.4 is 11.1 Å². The van der Waals surface area contributed by atoms with Crippen LogP contribution >= 0.6 is 22.6 Å². The number of nitrogen functional groups attached to an aromatic ring is 1. The Balaban J connectivity index is 2.01. The fourth-order valence-corrected chi connectivity index (χ4v) is 2.24. The molecule has 0 aromatic heterocycles. The zero-order valence-electron chi connectivity index (χ0n) is 11.9. The molecule has 5 nitrogen and oxygen atoms in total. The summed E-state index contributed by atoms with van der Waals surface area (Å²) in [4.78, 5) is 24.1. The number of amides is 1. The highest BCUT2D eigenvalue weighted by atomic mass is 127. The largest absolute Gasteiger partial charge is 0.449 e. The van der Waals surface area contributed by atoms with E-state index in [0.29, 0.717) is 11.4 Å². The van der Waals surface area contributed by atoms with Gasteiger partial charge < -0.3 is 15.8 Å². The Morgan fingerprint density at radius 2 is 1.86 bits per heavy atom. The molecule has 1 amide bonds. The number of para-hydroxylation sites is 1. The maximum absolute atomic E-state index is 12.1. The number of esters is 1. The van der Waals surface area contributed by atoms with Gasteiger partial charge in [0.05, 0.1) is 5.56 Å². The van der Waals surface area contributed by atoms with E-state index in [-0.39, 0.29) is 5.56 Å². The Hall–Kier alpha value is -2.09. The molecule has 114 valence electrons. The van der Waals surface area contributed by atoms with E-state index in [0.717, 1.165) is 3.57 Å². The number of nitrogens with two attached hydrogens (primary N) is 1. The van der Waals surface area contributed by atoms with E-state index in [4.69, 9.17) is 10.5 Å². The average Bonchev–Trinajstić information content (AvgIpc) is 2.50. The molecule has 1 atom stereocenters. The lowest BCUT2D eigenvalue weighted by Gasteiger charge is -2.14.